The van der Waals surface area contributed by atoms with Crippen LogP contribution in [-0.4, -0.2) is 0 Å². The molecule has 2 aromatic rings. The van der Waals surface area contributed by atoms with Gasteiger partial charge in [0.2, 0.25) is 0 Å². The average Bonchev–Trinajstić information content (AvgIpc) is 2.34. The van der Waals surface area contributed by atoms with Gasteiger partial charge >= 0.3 is 0 Å². The maximum Gasteiger partial charge on any atom is 0.146 e. The number of hydrogen-bond acceptors (Lipinski definition) is 2. The summed E-state index contributed by atoms with van der Waals surface area (Å²) >= 11 is 12.9. The van der Waals surface area contributed by atoms with E-state index in [2.05, 4.69) is 31.9 Å². The number of nitrogens with two attached hydrogens (primary N) is 1. The van der Waals surface area contributed by atoms with Gasteiger partial charge in [0, 0.05) is 11.0 Å². The van der Waals surface area contributed by atoms with Crippen LogP contribution in [0.4, 0.5) is 0 Å². The van der Waals surface area contributed by atoms with E-state index in [1.165, 1.54) is 0 Å². The fourth-order valence-electron chi connectivity index (χ4n) is 1.43. The summed E-state index contributed by atoms with van der Waals surface area (Å²) in [6.07, 6.45) is 0. The molecule has 0 saturated heterocycles. The molecule has 0 radical (unpaired) electrons. The summed E-state index contributed by atoms with van der Waals surface area (Å²) in [4.78, 5) is 0. The second-order valence-corrected chi connectivity index (χ2v) is 5.82. The summed E-state index contributed by atoms with van der Waals surface area (Å²) in [6.45, 7) is 0.498. The molecule has 0 fully saturated rings. The topological polar surface area (TPSA) is 35.2 Å². The maximum atomic E-state index is 6.10. The minimum atomic E-state index is 0.498. The van der Waals surface area contributed by atoms with Crippen molar-refractivity contribution >= 4 is 43.5 Å². The molecule has 0 aliphatic rings. The molecular weight excluding hydrogens is 381 g/mol. The fourth-order valence-corrected chi connectivity index (χ4v) is 2.65. The van der Waals surface area contributed by atoms with Crippen molar-refractivity contribution in [3.63, 3.8) is 0 Å². The summed E-state index contributed by atoms with van der Waals surface area (Å²) in [5, 5.41) is 0.555. The van der Waals surface area contributed by atoms with Crippen LogP contribution in [0, 0.1) is 0 Å². The third-order valence-electron chi connectivity index (χ3n) is 2.35. The van der Waals surface area contributed by atoms with E-state index in [1.54, 1.807) is 6.07 Å². The molecule has 0 heterocycles. The van der Waals surface area contributed by atoms with Crippen LogP contribution in [0.25, 0.3) is 0 Å². The molecule has 2 N–H and O–H groups in total. The van der Waals surface area contributed by atoms with Crippen LogP contribution in [0.2, 0.25) is 5.02 Å². The van der Waals surface area contributed by atoms with Crippen molar-refractivity contribution < 1.29 is 4.74 Å². The molecule has 2 nitrogen and oxygen atoms in total. The van der Waals surface area contributed by atoms with Crippen LogP contribution in [0.15, 0.2) is 45.3 Å². The van der Waals surface area contributed by atoms with Crippen LogP contribution in [-0.2, 0) is 6.54 Å². The second-order valence-electron chi connectivity index (χ2n) is 3.65. The van der Waals surface area contributed by atoms with Crippen LogP contribution in [0.1, 0.15) is 5.56 Å². The van der Waals surface area contributed by atoms with Gasteiger partial charge in [-0.3, -0.25) is 0 Å². The van der Waals surface area contributed by atoms with Crippen molar-refractivity contribution in [2.45, 2.75) is 6.54 Å². The van der Waals surface area contributed by atoms with E-state index in [1.807, 2.05) is 30.3 Å². The molecule has 2 rings (SSSR count). The molecule has 5 heteroatoms. The summed E-state index contributed by atoms with van der Waals surface area (Å²) in [6, 6.07) is 11.2. The Kier molecular flexibility index (Phi) is 4.67. The predicted octanol–water partition coefficient (Wildman–Crippen LogP) is 5.12. The standard InChI is InChI=1S/C13H10Br2ClNO/c14-9-2-4-13(11(16)6-9)18-12-3-1-8(7-17)5-10(12)15/h1-6H,7,17H2. The first-order valence-electron chi connectivity index (χ1n) is 5.21. The molecule has 0 spiro atoms. The van der Waals surface area contributed by atoms with E-state index < -0.39 is 0 Å². The largest absolute Gasteiger partial charge is 0.455 e. The van der Waals surface area contributed by atoms with Gasteiger partial charge in [-0.25, -0.2) is 0 Å². The van der Waals surface area contributed by atoms with Gasteiger partial charge in [-0.2, -0.15) is 0 Å². The van der Waals surface area contributed by atoms with E-state index in [-0.39, 0.29) is 0 Å². The molecule has 0 aliphatic carbocycles. The lowest BCUT2D eigenvalue weighted by Gasteiger charge is -2.10. The highest BCUT2D eigenvalue weighted by molar-refractivity contribution is 9.10. The normalized spacial score (nSPS) is 10.4. The van der Waals surface area contributed by atoms with Crippen molar-refractivity contribution in [1.82, 2.24) is 0 Å². The van der Waals surface area contributed by atoms with Crippen molar-refractivity contribution in [1.29, 1.82) is 0 Å². The van der Waals surface area contributed by atoms with Gasteiger partial charge in [-0.15, -0.1) is 0 Å². The number of hydrogen-bond donors (Lipinski definition) is 1. The average molecular weight is 391 g/mol. The fraction of sp³-hybridized carbons (Fsp3) is 0.0769. The minimum absolute atomic E-state index is 0.498. The Morgan fingerprint density at radius 3 is 2.39 bits per heavy atom. The Hall–Kier alpha value is -0.550. The number of halogens is 3. The van der Waals surface area contributed by atoms with Gasteiger partial charge < -0.3 is 10.5 Å². The third kappa shape index (κ3) is 3.26. The third-order valence-corrected chi connectivity index (χ3v) is 3.75. The Bertz CT molecular complexity index is 575. The molecule has 0 atom stereocenters. The van der Waals surface area contributed by atoms with Crippen LogP contribution in [0.3, 0.4) is 0 Å². The minimum Gasteiger partial charge on any atom is -0.455 e. The van der Waals surface area contributed by atoms with Crippen molar-refractivity contribution in [2.24, 2.45) is 5.73 Å². The van der Waals surface area contributed by atoms with Crippen molar-refractivity contribution in [2.75, 3.05) is 0 Å². The van der Waals surface area contributed by atoms with E-state index >= 15 is 0 Å². The zero-order valence-corrected chi connectivity index (χ0v) is 13.2. The van der Waals surface area contributed by atoms with Gasteiger partial charge in [0.25, 0.3) is 0 Å². The van der Waals surface area contributed by atoms with E-state index in [0.717, 1.165) is 14.5 Å². The Labute approximate surface area is 127 Å². The van der Waals surface area contributed by atoms with E-state index in [4.69, 9.17) is 22.1 Å². The maximum absolute atomic E-state index is 6.10. The summed E-state index contributed by atoms with van der Waals surface area (Å²) < 4.78 is 7.52. The highest BCUT2D eigenvalue weighted by Crippen LogP contribution is 2.35. The second kappa shape index (κ2) is 6.06. The zero-order valence-electron chi connectivity index (χ0n) is 9.29. The molecule has 0 amide bonds. The summed E-state index contributed by atoms with van der Waals surface area (Å²) in [5.41, 5.74) is 6.61. The number of ether oxygens (including phenoxy) is 1. The lowest BCUT2D eigenvalue weighted by atomic mass is 10.2. The van der Waals surface area contributed by atoms with Crippen molar-refractivity contribution in [3.8, 4) is 11.5 Å². The van der Waals surface area contributed by atoms with E-state index in [9.17, 15) is 0 Å². The molecule has 0 aliphatic heterocycles. The van der Waals surface area contributed by atoms with Gasteiger partial charge in [0.05, 0.1) is 9.50 Å². The van der Waals surface area contributed by atoms with Gasteiger partial charge in [0.15, 0.2) is 0 Å². The molecule has 2 aromatic carbocycles. The summed E-state index contributed by atoms with van der Waals surface area (Å²) in [5.74, 6) is 1.32. The molecule has 0 bridgehead atoms. The summed E-state index contributed by atoms with van der Waals surface area (Å²) in [7, 11) is 0. The van der Waals surface area contributed by atoms with E-state index in [0.29, 0.717) is 23.1 Å². The highest BCUT2D eigenvalue weighted by Gasteiger charge is 2.07. The van der Waals surface area contributed by atoms with Gasteiger partial charge in [0.1, 0.15) is 11.5 Å². The molecule has 18 heavy (non-hydrogen) atoms. The SMILES string of the molecule is NCc1ccc(Oc2ccc(Br)cc2Cl)c(Br)c1. The molecule has 0 unspecified atom stereocenters. The van der Waals surface area contributed by atoms with Crippen molar-refractivity contribution in [3.05, 3.63) is 55.9 Å². The zero-order chi connectivity index (χ0) is 13.1. The lowest BCUT2D eigenvalue weighted by molar-refractivity contribution is 0.479. The smallest absolute Gasteiger partial charge is 0.146 e. The highest BCUT2D eigenvalue weighted by atomic mass is 79.9. The first-order valence-corrected chi connectivity index (χ1v) is 7.18. The Morgan fingerprint density at radius 1 is 1.06 bits per heavy atom. The number of rotatable bonds is 3. The molecular formula is C13H10Br2ClNO. The van der Waals surface area contributed by atoms with Crippen LogP contribution >= 0.6 is 43.5 Å². The molecule has 94 valence electrons. The Balaban J connectivity index is 2.28. The predicted molar refractivity (Wildman–Crippen MR) is 81.3 cm³/mol. The molecule has 0 saturated carbocycles. The first-order chi connectivity index (χ1) is 8.60. The van der Waals surface area contributed by atoms with Gasteiger partial charge in [-0.05, 0) is 51.8 Å². The van der Waals surface area contributed by atoms with Crippen LogP contribution < -0.4 is 10.5 Å². The Morgan fingerprint density at radius 2 is 1.78 bits per heavy atom. The molecule has 0 aromatic heterocycles. The van der Waals surface area contributed by atoms with Crippen LogP contribution in [0.5, 0.6) is 11.5 Å². The van der Waals surface area contributed by atoms with Gasteiger partial charge in [-0.1, -0.05) is 33.6 Å². The monoisotopic (exact) mass is 389 g/mol. The first kappa shape index (κ1) is 13.9. The number of benzene rings is 2. The lowest BCUT2D eigenvalue weighted by Crippen LogP contribution is -1.96. The quantitative estimate of drug-likeness (QED) is 0.789.